The van der Waals surface area contributed by atoms with Crippen molar-refractivity contribution >= 4 is 0 Å². The Morgan fingerprint density at radius 1 is 0.846 bits per heavy atom. The van der Waals surface area contributed by atoms with Crippen molar-refractivity contribution in [3.05, 3.63) is 0 Å². The zero-order valence-electron chi connectivity index (χ0n) is 16.2. The van der Waals surface area contributed by atoms with Crippen LogP contribution in [0.15, 0.2) is 0 Å². The fourth-order valence-electron chi connectivity index (χ4n) is 3.92. The van der Waals surface area contributed by atoms with Gasteiger partial charge in [-0.05, 0) is 47.5 Å². The molecule has 4 aliphatic rings. The topological polar surface area (TPSA) is 73.8 Å². The number of fused-ring (bicyclic) bond motifs is 1. The molecule has 4 aliphatic heterocycles. The lowest BCUT2D eigenvalue weighted by Crippen LogP contribution is -2.46. The van der Waals surface area contributed by atoms with Gasteiger partial charge in [-0.3, -0.25) is 0 Å². The highest BCUT2D eigenvalue weighted by atomic mass is 17.2. The molecule has 0 bridgehead atoms. The van der Waals surface area contributed by atoms with Crippen LogP contribution in [0, 0.1) is 0 Å². The predicted molar refractivity (Wildman–Crippen MR) is 87.8 cm³/mol. The fourth-order valence-corrected chi connectivity index (χ4v) is 3.92. The van der Waals surface area contributed by atoms with E-state index in [0.29, 0.717) is 13.2 Å². The second-order valence-electron chi connectivity index (χ2n) is 8.52. The van der Waals surface area contributed by atoms with Crippen LogP contribution in [0.3, 0.4) is 0 Å². The molecule has 6 atom stereocenters. The van der Waals surface area contributed by atoms with Gasteiger partial charge in [-0.1, -0.05) is 0 Å². The molecule has 0 aliphatic carbocycles. The van der Waals surface area contributed by atoms with Crippen molar-refractivity contribution in [2.45, 2.75) is 102 Å². The molecule has 0 aromatic rings. The van der Waals surface area contributed by atoms with Gasteiger partial charge < -0.3 is 28.4 Å². The highest BCUT2D eigenvalue weighted by molar-refractivity contribution is 4.98. The van der Waals surface area contributed by atoms with Crippen LogP contribution < -0.4 is 0 Å². The molecule has 4 saturated heterocycles. The molecule has 8 nitrogen and oxygen atoms in total. The third-order valence-electron chi connectivity index (χ3n) is 5.19. The Morgan fingerprint density at radius 2 is 1.65 bits per heavy atom. The molecule has 26 heavy (non-hydrogen) atoms. The van der Waals surface area contributed by atoms with Crippen molar-refractivity contribution in [3.63, 3.8) is 0 Å². The summed E-state index contributed by atoms with van der Waals surface area (Å²) in [7, 11) is 0. The summed E-state index contributed by atoms with van der Waals surface area (Å²) in [6.45, 7) is 10.4. The van der Waals surface area contributed by atoms with Gasteiger partial charge in [0.25, 0.3) is 0 Å². The van der Waals surface area contributed by atoms with Gasteiger partial charge in [-0.15, -0.1) is 0 Å². The molecule has 4 heterocycles. The van der Waals surface area contributed by atoms with E-state index in [2.05, 4.69) is 0 Å². The van der Waals surface area contributed by atoms with E-state index in [1.165, 1.54) is 0 Å². The van der Waals surface area contributed by atoms with E-state index in [0.717, 1.165) is 19.3 Å². The minimum absolute atomic E-state index is 0.292. The van der Waals surface area contributed by atoms with E-state index in [1.54, 1.807) is 0 Å². The molecule has 3 unspecified atom stereocenters. The van der Waals surface area contributed by atoms with Crippen LogP contribution in [0.25, 0.3) is 0 Å². The van der Waals surface area contributed by atoms with Gasteiger partial charge in [-0.2, -0.15) is 0 Å². The summed E-state index contributed by atoms with van der Waals surface area (Å²) in [4.78, 5) is 11.6. The predicted octanol–water partition coefficient (Wildman–Crippen LogP) is 2.25. The Labute approximate surface area is 154 Å². The maximum atomic E-state index is 6.09. The minimum atomic E-state index is -0.762. The molecule has 0 spiro atoms. The SMILES string of the molecule is CC1(C)OC2C(OOC3(C)CCCCO3)[C@@H]([C@H]3COC(C)(C)O3)O[C@@H]2O1. The van der Waals surface area contributed by atoms with E-state index in [9.17, 15) is 0 Å². The van der Waals surface area contributed by atoms with Crippen molar-refractivity contribution in [1.82, 2.24) is 0 Å². The Bertz CT molecular complexity index is 515. The van der Waals surface area contributed by atoms with Crippen molar-refractivity contribution in [3.8, 4) is 0 Å². The first-order valence-electron chi connectivity index (χ1n) is 9.48. The van der Waals surface area contributed by atoms with Crippen LogP contribution in [0.4, 0.5) is 0 Å². The van der Waals surface area contributed by atoms with Gasteiger partial charge in [-0.25, -0.2) is 9.78 Å². The summed E-state index contributed by atoms with van der Waals surface area (Å²) in [5.41, 5.74) is 0. The Hall–Kier alpha value is -0.320. The molecule has 150 valence electrons. The molecule has 0 aromatic heterocycles. The van der Waals surface area contributed by atoms with Crippen molar-refractivity contribution in [2.24, 2.45) is 0 Å². The zero-order valence-corrected chi connectivity index (χ0v) is 16.2. The highest BCUT2D eigenvalue weighted by Crippen LogP contribution is 2.42. The van der Waals surface area contributed by atoms with E-state index in [4.69, 9.17) is 38.2 Å². The summed E-state index contributed by atoms with van der Waals surface area (Å²) in [5.74, 6) is -2.15. The van der Waals surface area contributed by atoms with Crippen molar-refractivity contribution in [2.75, 3.05) is 13.2 Å². The van der Waals surface area contributed by atoms with Crippen molar-refractivity contribution < 1.29 is 38.2 Å². The smallest absolute Gasteiger partial charge is 0.198 e. The van der Waals surface area contributed by atoms with E-state index < -0.39 is 42.0 Å². The normalized spacial score (nSPS) is 47.2. The highest BCUT2D eigenvalue weighted by Gasteiger charge is 2.60. The lowest BCUT2D eigenvalue weighted by atomic mass is 10.1. The number of rotatable bonds is 4. The van der Waals surface area contributed by atoms with Crippen LogP contribution in [-0.2, 0) is 38.2 Å². The molecule has 4 fully saturated rings. The van der Waals surface area contributed by atoms with Gasteiger partial charge >= 0.3 is 0 Å². The van der Waals surface area contributed by atoms with E-state index >= 15 is 0 Å². The first kappa shape index (κ1) is 19.0. The van der Waals surface area contributed by atoms with Gasteiger partial charge in [0, 0.05) is 6.42 Å². The Morgan fingerprint density at radius 3 is 2.31 bits per heavy atom. The van der Waals surface area contributed by atoms with E-state index in [1.807, 2.05) is 34.6 Å². The Balaban J connectivity index is 1.47. The molecule has 8 heteroatoms. The third-order valence-corrected chi connectivity index (χ3v) is 5.19. The second kappa shape index (κ2) is 6.63. The number of ether oxygens (including phenoxy) is 6. The molecule has 0 amide bonds. The molecular weight excluding hydrogens is 344 g/mol. The lowest BCUT2D eigenvalue weighted by molar-refractivity contribution is -0.456. The maximum Gasteiger partial charge on any atom is 0.198 e. The molecule has 0 saturated carbocycles. The van der Waals surface area contributed by atoms with E-state index in [-0.39, 0.29) is 6.10 Å². The van der Waals surface area contributed by atoms with Crippen LogP contribution in [-0.4, -0.2) is 61.3 Å². The number of hydrogen-bond donors (Lipinski definition) is 0. The summed E-state index contributed by atoms with van der Waals surface area (Å²) in [6.07, 6.45) is 0.688. The summed E-state index contributed by atoms with van der Waals surface area (Å²) in [6, 6.07) is 0. The zero-order chi connectivity index (χ0) is 18.6. The molecular formula is C18H30O8. The van der Waals surface area contributed by atoms with Gasteiger partial charge in [0.05, 0.1) is 13.2 Å². The number of hydrogen-bond acceptors (Lipinski definition) is 8. The van der Waals surface area contributed by atoms with Gasteiger partial charge in [0.2, 0.25) is 0 Å². The molecule has 4 rings (SSSR count). The van der Waals surface area contributed by atoms with Crippen LogP contribution >= 0.6 is 0 Å². The minimum Gasteiger partial charge on any atom is -0.348 e. The van der Waals surface area contributed by atoms with Crippen molar-refractivity contribution in [1.29, 1.82) is 0 Å². The standard InChI is InChI=1S/C18H30O8/c1-16(2)20-10-11(22-16)12-13(14-15(21-12)24-17(3,4)23-14)25-26-18(5)8-6-7-9-19-18/h11-15H,6-10H2,1-5H3/t11-,12-,13?,14?,15-,18?/m1/s1. The average molecular weight is 374 g/mol. The quantitative estimate of drug-likeness (QED) is 0.548. The third kappa shape index (κ3) is 3.79. The molecule has 0 N–H and O–H groups in total. The first-order chi connectivity index (χ1) is 12.2. The second-order valence-corrected chi connectivity index (χ2v) is 8.52. The summed E-state index contributed by atoms with van der Waals surface area (Å²) >= 11 is 0. The summed E-state index contributed by atoms with van der Waals surface area (Å²) < 4.78 is 35.4. The molecule has 0 aromatic carbocycles. The molecule has 0 radical (unpaired) electrons. The van der Waals surface area contributed by atoms with Crippen LogP contribution in [0.1, 0.15) is 53.9 Å². The Kier molecular flexibility index (Phi) is 4.85. The largest absolute Gasteiger partial charge is 0.348 e. The maximum absolute atomic E-state index is 6.09. The first-order valence-corrected chi connectivity index (χ1v) is 9.48. The van der Waals surface area contributed by atoms with Crippen LogP contribution in [0.5, 0.6) is 0 Å². The van der Waals surface area contributed by atoms with Gasteiger partial charge in [0.1, 0.15) is 18.3 Å². The monoisotopic (exact) mass is 374 g/mol. The van der Waals surface area contributed by atoms with Crippen LogP contribution in [0.2, 0.25) is 0 Å². The fraction of sp³-hybridized carbons (Fsp3) is 1.00. The summed E-state index contributed by atoms with van der Waals surface area (Å²) in [5, 5.41) is 0. The average Bonchev–Trinajstić information content (AvgIpc) is 3.15. The van der Waals surface area contributed by atoms with Gasteiger partial charge in [0.15, 0.2) is 29.8 Å². The lowest BCUT2D eigenvalue weighted by Gasteiger charge is -2.34.